The van der Waals surface area contributed by atoms with Crippen molar-refractivity contribution in [3.63, 3.8) is 0 Å². The molecule has 1 aromatic rings. The van der Waals surface area contributed by atoms with Crippen molar-refractivity contribution in [1.82, 2.24) is 31.9 Å². The predicted octanol–water partition coefficient (Wildman–Crippen LogP) is -3.78. The molecule has 7 amide bonds. The molecule has 0 saturated heterocycles. The summed E-state index contributed by atoms with van der Waals surface area (Å²) in [5, 5.41) is 41.5. The van der Waals surface area contributed by atoms with Gasteiger partial charge in [-0.3, -0.25) is 38.4 Å². The van der Waals surface area contributed by atoms with Crippen LogP contribution < -0.4 is 42.4 Å². The standard InChI is InChI=1S/C30H41N7O14/c1-4-14(2)26(29(48)34-12-23(41)33-11-22(40)32-10-21(31)39)37-28(47)18(36-27(46)19(9-24(42)43)35-15(3)38)8-16-5-6-20(51-13-25(44)45)17(7-16)30(49)50/h5-7,14,18-19,26H,4,8-13H2,1-3H3,(H2,31,39)(H,32,40)(H,33,41)(H,34,48)(H,35,38)(H,36,46)(H,37,47)(H,42,43)(H,44,45)(H,49,50)/t14-,18-,19-,26-/m0/s1. The van der Waals surface area contributed by atoms with E-state index in [2.05, 4.69) is 31.9 Å². The van der Waals surface area contributed by atoms with Crippen molar-refractivity contribution < 1.29 is 68.0 Å². The Bertz CT molecular complexity index is 1500. The number of nitrogens with two attached hydrogens (primary N) is 1. The molecule has 0 saturated carbocycles. The molecule has 0 spiro atoms. The van der Waals surface area contributed by atoms with Crippen LogP contribution in [-0.2, 0) is 49.6 Å². The van der Waals surface area contributed by atoms with E-state index in [9.17, 15) is 58.2 Å². The van der Waals surface area contributed by atoms with Gasteiger partial charge in [0, 0.05) is 13.3 Å². The summed E-state index contributed by atoms with van der Waals surface area (Å²) >= 11 is 0. The summed E-state index contributed by atoms with van der Waals surface area (Å²) in [6, 6.07) is -1.10. The Labute approximate surface area is 290 Å². The highest BCUT2D eigenvalue weighted by Gasteiger charge is 2.33. The maximum atomic E-state index is 13.7. The van der Waals surface area contributed by atoms with Gasteiger partial charge in [0.15, 0.2) is 6.61 Å². The zero-order valence-corrected chi connectivity index (χ0v) is 27.9. The number of carboxylic acids is 3. The number of amides is 7. The van der Waals surface area contributed by atoms with E-state index in [4.69, 9.17) is 15.6 Å². The summed E-state index contributed by atoms with van der Waals surface area (Å²) in [6.07, 6.45) is -0.998. The number of aliphatic carboxylic acids is 2. The molecule has 21 nitrogen and oxygen atoms in total. The van der Waals surface area contributed by atoms with Crippen LogP contribution in [0, 0.1) is 5.92 Å². The number of hydrogen-bond acceptors (Lipinski definition) is 11. The number of hydrogen-bond donors (Lipinski definition) is 10. The number of rotatable bonds is 22. The van der Waals surface area contributed by atoms with Crippen LogP contribution in [0.4, 0.5) is 0 Å². The van der Waals surface area contributed by atoms with Crippen LogP contribution in [0.5, 0.6) is 5.75 Å². The van der Waals surface area contributed by atoms with E-state index in [0.29, 0.717) is 6.42 Å². The molecule has 0 heterocycles. The number of primary amides is 1. The molecule has 0 fully saturated rings. The highest BCUT2D eigenvalue weighted by atomic mass is 16.5. The van der Waals surface area contributed by atoms with Gasteiger partial charge in [-0.15, -0.1) is 0 Å². The first kappa shape index (κ1) is 42.7. The molecule has 1 aromatic carbocycles. The number of benzene rings is 1. The first-order valence-electron chi connectivity index (χ1n) is 15.2. The van der Waals surface area contributed by atoms with Crippen molar-refractivity contribution >= 4 is 59.3 Å². The molecular weight excluding hydrogens is 682 g/mol. The maximum Gasteiger partial charge on any atom is 0.341 e. The van der Waals surface area contributed by atoms with E-state index in [-0.39, 0.29) is 11.3 Å². The maximum absolute atomic E-state index is 13.7. The van der Waals surface area contributed by atoms with Crippen LogP contribution in [0.15, 0.2) is 18.2 Å². The van der Waals surface area contributed by atoms with E-state index >= 15 is 0 Å². The summed E-state index contributed by atoms with van der Waals surface area (Å²) in [7, 11) is 0. The summed E-state index contributed by atoms with van der Waals surface area (Å²) in [6.45, 7) is 1.84. The lowest BCUT2D eigenvalue weighted by Gasteiger charge is -2.27. The lowest BCUT2D eigenvalue weighted by molar-refractivity contribution is -0.141. The number of ether oxygens (including phenoxy) is 1. The van der Waals surface area contributed by atoms with Crippen LogP contribution in [0.1, 0.15) is 49.5 Å². The van der Waals surface area contributed by atoms with Crippen molar-refractivity contribution in [3.05, 3.63) is 29.3 Å². The van der Waals surface area contributed by atoms with Crippen molar-refractivity contribution in [3.8, 4) is 5.75 Å². The minimum Gasteiger partial charge on any atom is -0.481 e. The van der Waals surface area contributed by atoms with Crippen LogP contribution in [0.25, 0.3) is 0 Å². The van der Waals surface area contributed by atoms with Gasteiger partial charge in [0.25, 0.3) is 0 Å². The Balaban J connectivity index is 3.32. The molecule has 0 aliphatic heterocycles. The molecule has 21 heteroatoms. The molecule has 0 bridgehead atoms. The second kappa shape index (κ2) is 20.9. The third-order valence-electron chi connectivity index (χ3n) is 6.89. The number of carbonyl (C=O) groups excluding carboxylic acids is 7. The highest BCUT2D eigenvalue weighted by Crippen LogP contribution is 2.22. The zero-order chi connectivity index (χ0) is 38.8. The Hall–Kier alpha value is -6.28. The molecule has 51 heavy (non-hydrogen) atoms. The van der Waals surface area contributed by atoms with E-state index in [1.807, 2.05) is 0 Å². The zero-order valence-electron chi connectivity index (χ0n) is 27.9. The van der Waals surface area contributed by atoms with Crippen molar-refractivity contribution in [1.29, 1.82) is 0 Å². The second-order valence-corrected chi connectivity index (χ2v) is 11.0. The van der Waals surface area contributed by atoms with Crippen molar-refractivity contribution in [2.24, 2.45) is 11.7 Å². The fraction of sp³-hybridized carbons (Fsp3) is 0.467. The van der Waals surface area contributed by atoms with Gasteiger partial charge in [0.05, 0.1) is 26.1 Å². The second-order valence-electron chi connectivity index (χ2n) is 11.0. The quantitative estimate of drug-likeness (QED) is 0.0549. The number of carboxylic acid groups (broad SMARTS) is 3. The summed E-state index contributed by atoms with van der Waals surface area (Å²) in [4.78, 5) is 121. The van der Waals surface area contributed by atoms with Gasteiger partial charge >= 0.3 is 17.9 Å². The molecule has 11 N–H and O–H groups in total. The smallest absolute Gasteiger partial charge is 0.341 e. The fourth-order valence-corrected chi connectivity index (χ4v) is 4.21. The molecule has 0 radical (unpaired) electrons. The van der Waals surface area contributed by atoms with E-state index in [1.54, 1.807) is 13.8 Å². The highest BCUT2D eigenvalue weighted by molar-refractivity contribution is 5.97. The molecule has 4 atom stereocenters. The SMILES string of the molecule is CC[C@H](C)[C@H](NC(=O)[C@H](Cc1ccc(OCC(=O)O)c(C(=O)O)c1)NC(=O)[C@H](CC(=O)O)NC(C)=O)C(=O)NCC(=O)NCC(=O)NCC(N)=O. The first-order valence-corrected chi connectivity index (χ1v) is 15.2. The van der Waals surface area contributed by atoms with Crippen LogP contribution in [0.2, 0.25) is 0 Å². The molecule has 280 valence electrons. The molecule has 1 rings (SSSR count). The van der Waals surface area contributed by atoms with Gasteiger partial charge in [0.2, 0.25) is 41.4 Å². The third kappa shape index (κ3) is 16.1. The number of nitrogens with one attached hydrogen (secondary N) is 6. The van der Waals surface area contributed by atoms with E-state index in [0.717, 1.165) is 19.1 Å². The Kier molecular flexibility index (Phi) is 17.6. The van der Waals surface area contributed by atoms with Crippen molar-refractivity contribution in [2.45, 2.75) is 58.2 Å². The summed E-state index contributed by atoms with van der Waals surface area (Å²) < 4.78 is 5.01. The topological polar surface area (TPSA) is 339 Å². The first-order chi connectivity index (χ1) is 23.8. The monoisotopic (exact) mass is 723 g/mol. The molecule has 0 unspecified atom stereocenters. The van der Waals surface area contributed by atoms with Crippen molar-refractivity contribution in [2.75, 3.05) is 26.2 Å². The van der Waals surface area contributed by atoms with Crippen LogP contribution >= 0.6 is 0 Å². The Morgan fingerprint density at radius 3 is 1.88 bits per heavy atom. The lowest BCUT2D eigenvalue weighted by Crippen LogP contribution is -2.59. The van der Waals surface area contributed by atoms with Gasteiger partial charge < -0.3 is 57.7 Å². The predicted molar refractivity (Wildman–Crippen MR) is 172 cm³/mol. The molecule has 0 aliphatic rings. The van der Waals surface area contributed by atoms with Gasteiger partial charge in [-0.25, -0.2) is 9.59 Å². The number of aromatic carboxylic acids is 1. The van der Waals surface area contributed by atoms with Gasteiger partial charge in [0.1, 0.15) is 29.4 Å². The summed E-state index contributed by atoms with van der Waals surface area (Å²) in [5.41, 5.74) is 4.55. The molecule has 0 aromatic heterocycles. The average Bonchev–Trinajstić information content (AvgIpc) is 3.05. The van der Waals surface area contributed by atoms with Gasteiger partial charge in [-0.1, -0.05) is 26.3 Å². The average molecular weight is 724 g/mol. The van der Waals surface area contributed by atoms with E-state index in [1.165, 1.54) is 6.07 Å². The fourth-order valence-electron chi connectivity index (χ4n) is 4.21. The van der Waals surface area contributed by atoms with E-state index < -0.39 is 128 Å². The number of carbonyl (C=O) groups is 10. The van der Waals surface area contributed by atoms with Gasteiger partial charge in [-0.05, 0) is 23.6 Å². The van der Waals surface area contributed by atoms with Gasteiger partial charge in [-0.2, -0.15) is 0 Å². The molecular formula is C30H41N7O14. The van der Waals surface area contributed by atoms with Crippen LogP contribution in [-0.4, -0.2) is 119 Å². The Morgan fingerprint density at radius 2 is 1.35 bits per heavy atom. The minimum absolute atomic E-state index is 0.103. The van der Waals surface area contributed by atoms with Crippen LogP contribution in [0.3, 0.4) is 0 Å². The minimum atomic E-state index is -1.64. The third-order valence-corrected chi connectivity index (χ3v) is 6.89. The largest absolute Gasteiger partial charge is 0.481 e. The Morgan fingerprint density at radius 1 is 0.765 bits per heavy atom. The normalized spacial score (nSPS) is 12.8. The lowest BCUT2D eigenvalue weighted by atomic mass is 9.96. The summed E-state index contributed by atoms with van der Waals surface area (Å²) in [5.74, 6) is -11.3. The molecule has 0 aliphatic carbocycles.